The summed E-state index contributed by atoms with van der Waals surface area (Å²) in [4.78, 5) is 22.6. The first-order valence-electron chi connectivity index (χ1n) is 5.84. The summed E-state index contributed by atoms with van der Waals surface area (Å²) in [5, 5.41) is 14.0. The quantitative estimate of drug-likeness (QED) is 0.750. The van der Waals surface area contributed by atoms with E-state index in [0.717, 1.165) is 0 Å². The van der Waals surface area contributed by atoms with Crippen molar-refractivity contribution in [3.8, 4) is 0 Å². The molecular weight excluding hydrogens is 232 g/mol. The van der Waals surface area contributed by atoms with Gasteiger partial charge < -0.3 is 15.7 Å². The highest BCUT2D eigenvalue weighted by Gasteiger charge is 2.20. The number of carbonyl (C=O) groups is 2. The van der Waals surface area contributed by atoms with E-state index >= 15 is 0 Å². The molecule has 3 N–H and O–H groups in total. The SMILES string of the molecule is CC(C)CC(NC(=O)Nc1ccccc1)C(=O)O. The summed E-state index contributed by atoms with van der Waals surface area (Å²) < 4.78 is 0. The highest BCUT2D eigenvalue weighted by molar-refractivity contribution is 5.92. The average molecular weight is 250 g/mol. The van der Waals surface area contributed by atoms with Gasteiger partial charge in [0, 0.05) is 5.69 Å². The normalized spacial score (nSPS) is 11.9. The number of hydrogen-bond acceptors (Lipinski definition) is 2. The Hall–Kier alpha value is -2.04. The first-order chi connectivity index (χ1) is 8.49. The summed E-state index contributed by atoms with van der Waals surface area (Å²) in [6.45, 7) is 3.82. The predicted octanol–water partition coefficient (Wildman–Crippen LogP) is 2.31. The number of carboxylic acid groups (broad SMARTS) is 1. The molecule has 2 amide bonds. The zero-order valence-corrected chi connectivity index (χ0v) is 10.5. The van der Waals surface area contributed by atoms with E-state index in [4.69, 9.17) is 5.11 Å². The van der Waals surface area contributed by atoms with E-state index in [1.165, 1.54) is 0 Å². The molecule has 1 unspecified atom stereocenters. The van der Waals surface area contributed by atoms with Crippen molar-refractivity contribution >= 4 is 17.7 Å². The van der Waals surface area contributed by atoms with Crippen LogP contribution >= 0.6 is 0 Å². The fraction of sp³-hybridized carbons (Fsp3) is 0.385. The maximum Gasteiger partial charge on any atom is 0.326 e. The number of amides is 2. The number of benzene rings is 1. The second-order valence-electron chi connectivity index (χ2n) is 4.48. The molecule has 0 aliphatic heterocycles. The fourth-order valence-electron chi connectivity index (χ4n) is 1.54. The topological polar surface area (TPSA) is 78.4 Å². The first kappa shape index (κ1) is 14.0. The fourth-order valence-corrected chi connectivity index (χ4v) is 1.54. The Labute approximate surface area is 106 Å². The third-order valence-corrected chi connectivity index (χ3v) is 2.34. The molecule has 0 aliphatic carbocycles. The van der Waals surface area contributed by atoms with Crippen LogP contribution in [0.4, 0.5) is 10.5 Å². The van der Waals surface area contributed by atoms with Crippen LogP contribution in [0.15, 0.2) is 30.3 Å². The first-order valence-corrected chi connectivity index (χ1v) is 5.84. The Morgan fingerprint density at radius 3 is 2.33 bits per heavy atom. The van der Waals surface area contributed by atoms with Crippen molar-refractivity contribution in [1.82, 2.24) is 5.32 Å². The maximum absolute atomic E-state index is 11.6. The number of anilines is 1. The lowest BCUT2D eigenvalue weighted by molar-refractivity contribution is -0.139. The largest absolute Gasteiger partial charge is 0.480 e. The van der Waals surface area contributed by atoms with Gasteiger partial charge in [0.25, 0.3) is 0 Å². The molecule has 5 nitrogen and oxygen atoms in total. The van der Waals surface area contributed by atoms with Crippen molar-refractivity contribution in [1.29, 1.82) is 0 Å². The van der Waals surface area contributed by atoms with Crippen molar-refractivity contribution in [2.45, 2.75) is 26.3 Å². The van der Waals surface area contributed by atoms with Gasteiger partial charge >= 0.3 is 12.0 Å². The molecule has 0 saturated carbocycles. The van der Waals surface area contributed by atoms with Crippen LogP contribution in [0.3, 0.4) is 0 Å². The van der Waals surface area contributed by atoms with E-state index in [1.807, 2.05) is 19.9 Å². The highest BCUT2D eigenvalue weighted by atomic mass is 16.4. The molecule has 1 aromatic rings. The second kappa shape index (κ2) is 6.64. The van der Waals surface area contributed by atoms with E-state index in [2.05, 4.69) is 10.6 Å². The summed E-state index contributed by atoms with van der Waals surface area (Å²) in [5.74, 6) is -0.824. The van der Waals surface area contributed by atoms with E-state index in [1.54, 1.807) is 24.3 Å². The smallest absolute Gasteiger partial charge is 0.326 e. The van der Waals surface area contributed by atoms with E-state index in [-0.39, 0.29) is 5.92 Å². The van der Waals surface area contributed by atoms with Crippen LogP contribution in [-0.2, 0) is 4.79 Å². The van der Waals surface area contributed by atoms with Crippen molar-refractivity contribution in [3.05, 3.63) is 30.3 Å². The van der Waals surface area contributed by atoms with Gasteiger partial charge in [-0.1, -0.05) is 32.0 Å². The molecule has 5 heteroatoms. The number of nitrogens with one attached hydrogen (secondary N) is 2. The van der Waals surface area contributed by atoms with Gasteiger partial charge in [0.05, 0.1) is 0 Å². The molecule has 0 saturated heterocycles. The highest BCUT2D eigenvalue weighted by Crippen LogP contribution is 2.07. The monoisotopic (exact) mass is 250 g/mol. The van der Waals surface area contributed by atoms with Crippen molar-refractivity contribution in [2.75, 3.05) is 5.32 Å². The van der Waals surface area contributed by atoms with Gasteiger partial charge in [0.2, 0.25) is 0 Å². The summed E-state index contributed by atoms with van der Waals surface area (Å²) in [6, 6.07) is 7.51. The number of hydrogen-bond donors (Lipinski definition) is 3. The van der Waals surface area contributed by atoms with Crippen LogP contribution < -0.4 is 10.6 Å². The summed E-state index contributed by atoms with van der Waals surface area (Å²) in [7, 11) is 0. The van der Waals surface area contributed by atoms with Gasteiger partial charge in [0.1, 0.15) is 6.04 Å². The van der Waals surface area contributed by atoms with Crippen molar-refractivity contribution in [3.63, 3.8) is 0 Å². The van der Waals surface area contributed by atoms with Crippen molar-refractivity contribution < 1.29 is 14.7 Å². The Balaban J connectivity index is 2.54. The third kappa shape index (κ3) is 4.86. The van der Waals surface area contributed by atoms with Gasteiger partial charge in [0.15, 0.2) is 0 Å². The summed E-state index contributed by atoms with van der Waals surface area (Å²) in [5.41, 5.74) is 0.628. The third-order valence-electron chi connectivity index (χ3n) is 2.34. The molecule has 0 radical (unpaired) electrons. The number of rotatable bonds is 5. The number of urea groups is 1. The molecule has 0 spiro atoms. The summed E-state index contributed by atoms with van der Waals surface area (Å²) >= 11 is 0. The maximum atomic E-state index is 11.6. The molecule has 0 fully saturated rings. The average Bonchev–Trinajstić information content (AvgIpc) is 2.28. The lowest BCUT2D eigenvalue weighted by atomic mass is 10.0. The van der Waals surface area contributed by atoms with Gasteiger partial charge in [-0.3, -0.25) is 0 Å². The lowest BCUT2D eigenvalue weighted by Crippen LogP contribution is -2.43. The minimum absolute atomic E-state index is 0.197. The molecule has 1 rings (SSSR count). The summed E-state index contributed by atoms with van der Waals surface area (Å²) in [6.07, 6.45) is 0.400. The molecular formula is C13H18N2O3. The molecule has 0 aliphatic rings. The van der Waals surface area contributed by atoms with E-state index in [0.29, 0.717) is 12.1 Å². The number of aliphatic carboxylic acids is 1. The Bertz CT molecular complexity index is 404. The molecule has 1 atom stereocenters. The minimum Gasteiger partial charge on any atom is -0.480 e. The zero-order valence-electron chi connectivity index (χ0n) is 10.5. The van der Waals surface area contributed by atoms with Crippen LogP contribution in [0.1, 0.15) is 20.3 Å². The van der Waals surface area contributed by atoms with Crippen LogP contribution in [0.25, 0.3) is 0 Å². The molecule has 18 heavy (non-hydrogen) atoms. The lowest BCUT2D eigenvalue weighted by Gasteiger charge is -2.16. The number of carboxylic acids is 1. The Morgan fingerprint density at radius 1 is 1.22 bits per heavy atom. The number of carbonyl (C=O) groups excluding carboxylic acids is 1. The molecule has 0 bridgehead atoms. The van der Waals surface area contributed by atoms with Crippen LogP contribution in [0.2, 0.25) is 0 Å². The number of para-hydroxylation sites is 1. The van der Waals surface area contributed by atoms with Crippen molar-refractivity contribution in [2.24, 2.45) is 5.92 Å². The van der Waals surface area contributed by atoms with Crippen LogP contribution in [-0.4, -0.2) is 23.1 Å². The van der Waals surface area contributed by atoms with Gasteiger partial charge in [-0.2, -0.15) is 0 Å². The van der Waals surface area contributed by atoms with Gasteiger partial charge in [-0.05, 0) is 24.5 Å². The standard InChI is InChI=1S/C13H18N2O3/c1-9(2)8-11(12(16)17)15-13(18)14-10-6-4-3-5-7-10/h3-7,9,11H,8H2,1-2H3,(H,16,17)(H2,14,15,18). The predicted molar refractivity (Wildman–Crippen MR) is 69.5 cm³/mol. The Morgan fingerprint density at radius 2 is 1.83 bits per heavy atom. The van der Waals surface area contributed by atoms with Gasteiger partial charge in [-0.25, -0.2) is 9.59 Å². The molecule has 98 valence electrons. The Kier molecular flexibility index (Phi) is 5.17. The second-order valence-corrected chi connectivity index (χ2v) is 4.48. The molecule has 0 heterocycles. The van der Waals surface area contributed by atoms with Gasteiger partial charge in [-0.15, -0.1) is 0 Å². The zero-order chi connectivity index (χ0) is 13.5. The molecule has 1 aromatic carbocycles. The van der Waals surface area contributed by atoms with Crippen LogP contribution in [0, 0.1) is 5.92 Å². The molecule has 0 aromatic heterocycles. The minimum atomic E-state index is -1.02. The van der Waals surface area contributed by atoms with E-state index < -0.39 is 18.0 Å². The van der Waals surface area contributed by atoms with E-state index in [9.17, 15) is 9.59 Å². The van der Waals surface area contributed by atoms with Crippen LogP contribution in [0.5, 0.6) is 0 Å².